The highest BCUT2D eigenvalue weighted by Gasteiger charge is 2.29. The van der Waals surface area contributed by atoms with Crippen molar-refractivity contribution in [3.05, 3.63) is 44.5 Å². The molecule has 0 amide bonds. The molecule has 0 aliphatic heterocycles. The summed E-state index contributed by atoms with van der Waals surface area (Å²) in [7, 11) is 0. The molecule has 2 N–H and O–H groups in total. The van der Waals surface area contributed by atoms with Crippen LogP contribution in [0.5, 0.6) is 0 Å². The SMILES string of the molecule is CC1CC(n2c(=O)c(=O)[nH]c3cc(C(=O)O)ccc32)C1. The minimum atomic E-state index is -1.07. The van der Waals surface area contributed by atoms with Gasteiger partial charge in [0.25, 0.3) is 0 Å². The van der Waals surface area contributed by atoms with Crippen molar-refractivity contribution in [1.82, 2.24) is 9.55 Å². The second-order valence-corrected chi connectivity index (χ2v) is 5.40. The molecular weight excluding hydrogens is 260 g/mol. The van der Waals surface area contributed by atoms with Gasteiger partial charge >= 0.3 is 17.1 Å². The Kier molecular flexibility index (Phi) is 2.74. The van der Waals surface area contributed by atoms with Crippen LogP contribution in [0, 0.1) is 5.92 Å². The number of benzene rings is 1. The quantitative estimate of drug-likeness (QED) is 0.809. The molecule has 0 atom stereocenters. The molecule has 0 unspecified atom stereocenters. The van der Waals surface area contributed by atoms with E-state index in [1.54, 1.807) is 6.07 Å². The zero-order chi connectivity index (χ0) is 14.4. The topological polar surface area (TPSA) is 92.2 Å². The largest absolute Gasteiger partial charge is 0.478 e. The third-order valence-corrected chi connectivity index (χ3v) is 3.88. The highest BCUT2D eigenvalue weighted by Crippen LogP contribution is 2.37. The number of nitrogens with one attached hydrogen (secondary N) is 1. The van der Waals surface area contributed by atoms with Crippen LogP contribution in [0.2, 0.25) is 0 Å². The van der Waals surface area contributed by atoms with Crippen molar-refractivity contribution in [2.45, 2.75) is 25.8 Å². The first kappa shape index (κ1) is 12.7. The molecule has 1 heterocycles. The van der Waals surface area contributed by atoms with E-state index in [-0.39, 0.29) is 11.6 Å². The van der Waals surface area contributed by atoms with Crippen molar-refractivity contribution >= 4 is 17.0 Å². The maximum absolute atomic E-state index is 12.0. The van der Waals surface area contributed by atoms with Gasteiger partial charge in [0.1, 0.15) is 0 Å². The molecule has 104 valence electrons. The Balaban J connectivity index is 2.27. The molecule has 0 spiro atoms. The van der Waals surface area contributed by atoms with Crippen LogP contribution >= 0.6 is 0 Å². The predicted octanol–water partition coefficient (Wildman–Crippen LogP) is 1.36. The van der Waals surface area contributed by atoms with Crippen LogP contribution in [0.1, 0.15) is 36.2 Å². The molecule has 1 aromatic heterocycles. The Bertz CT molecular complexity index is 812. The van der Waals surface area contributed by atoms with E-state index in [0.29, 0.717) is 17.0 Å². The molecule has 3 rings (SSSR count). The third-order valence-electron chi connectivity index (χ3n) is 3.88. The summed E-state index contributed by atoms with van der Waals surface area (Å²) in [5.41, 5.74) is -0.233. The first-order valence-corrected chi connectivity index (χ1v) is 6.49. The maximum atomic E-state index is 12.0. The zero-order valence-corrected chi connectivity index (χ0v) is 10.9. The minimum absolute atomic E-state index is 0.0259. The number of aromatic nitrogens is 2. The number of H-pyrrole nitrogens is 1. The van der Waals surface area contributed by atoms with E-state index in [2.05, 4.69) is 11.9 Å². The van der Waals surface area contributed by atoms with Crippen LogP contribution in [-0.4, -0.2) is 20.6 Å². The van der Waals surface area contributed by atoms with Crippen LogP contribution in [0.4, 0.5) is 0 Å². The predicted molar refractivity (Wildman–Crippen MR) is 73.2 cm³/mol. The fourth-order valence-corrected chi connectivity index (χ4v) is 2.81. The Morgan fingerprint density at radius 1 is 1.35 bits per heavy atom. The first-order valence-electron chi connectivity index (χ1n) is 6.49. The summed E-state index contributed by atoms with van der Waals surface area (Å²) >= 11 is 0. The molecule has 6 nitrogen and oxygen atoms in total. The molecule has 1 saturated carbocycles. The van der Waals surface area contributed by atoms with Gasteiger partial charge in [-0.2, -0.15) is 0 Å². The highest BCUT2D eigenvalue weighted by molar-refractivity contribution is 5.92. The molecule has 1 aliphatic rings. The smallest absolute Gasteiger partial charge is 0.335 e. The Hall–Kier alpha value is -2.37. The fourth-order valence-electron chi connectivity index (χ4n) is 2.81. The highest BCUT2D eigenvalue weighted by atomic mass is 16.4. The lowest BCUT2D eigenvalue weighted by Crippen LogP contribution is -2.41. The van der Waals surface area contributed by atoms with E-state index in [1.807, 2.05) is 0 Å². The zero-order valence-electron chi connectivity index (χ0n) is 10.9. The average Bonchev–Trinajstić information content (AvgIpc) is 2.37. The van der Waals surface area contributed by atoms with Crippen LogP contribution in [0.3, 0.4) is 0 Å². The molecule has 0 bridgehead atoms. The van der Waals surface area contributed by atoms with Gasteiger partial charge in [-0.1, -0.05) is 6.92 Å². The van der Waals surface area contributed by atoms with Crippen molar-refractivity contribution in [1.29, 1.82) is 0 Å². The van der Waals surface area contributed by atoms with Gasteiger partial charge in [-0.25, -0.2) is 4.79 Å². The Morgan fingerprint density at radius 3 is 2.65 bits per heavy atom. The molecule has 20 heavy (non-hydrogen) atoms. The number of rotatable bonds is 2. The summed E-state index contributed by atoms with van der Waals surface area (Å²) in [5.74, 6) is -0.526. The van der Waals surface area contributed by atoms with E-state index in [9.17, 15) is 14.4 Å². The van der Waals surface area contributed by atoms with Gasteiger partial charge < -0.3 is 10.1 Å². The number of carboxylic acids is 1. The molecule has 1 aliphatic carbocycles. The number of aromatic amines is 1. The minimum Gasteiger partial charge on any atom is -0.478 e. The Labute approximate surface area is 113 Å². The van der Waals surface area contributed by atoms with Crippen molar-refractivity contribution in [3.63, 3.8) is 0 Å². The monoisotopic (exact) mass is 274 g/mol. The number of hydrogen-bond acceptors (Lipinski definition) is 3. The molecule has 0 radical (unpaired) electrons. The van der Waals surface area contributed by atoms with Crippen LogP contribution in [0.25, 0.3) is 11.0 Å². The fraction of sp³-hybridized carbons (Fsp3) is 0.357. The normalized spacial score (nSPS) is 21.6. The van der Waals surface area contributed by atoms with E-state index in [4.69, 9.17) is 5.11 Å². The third kappa shape index (κ3) is 1.84. The van der Waals surface area contributed by atoms with Gasteiger partial charge in [0.05, 0.1) is 16.6 Å². The summed E-state index contributed by atoms with van der Waals surface area (Å²) in [4.78, 5) is 37.2. The molecule has 0 saturated heterocycles. The van der Waals surface area contributed by atoms with E-state index < -0.39 is 17.1 Å². The standard InChI is InChI=1S/C14H14N2O4/c1-7-4-9(5-7)16-11-3-2-8(14(19)20)6-10(11)15-12(17)13(16)18/h2-3,6-7,9H,4-5H2,1H3,(H,15,17)(H,19,20). The number of carbonyl (C=O) groups is 1. The average molecular weight is 274 g/mol. The van der Waals surface area contributed by atoms with Gasteiger partial charge in [-0.05, 0) is 37.0 Å². The summed E-state index contributed by atoms with van der Waals surface area (Å²) < 4.78 is 1.50. The van der Waals surface area contributed by atoms with Gasteiger partial charge in [-0.3, -0.25) is 14.2 Å². The lowest BCUT2D eigenvalue weighted by Gasteiger charge is -2.34. The molecule has 1 fully saturated rings. The number of nitrogens with zero attached hydrogens (tertiary/aromatic N) is 1. The van der Waals surface area contributed by atoms with Gasteiger partial charge in [0.2, 0.25) is 0 Å². The van der Waals surface area contributed by atoms with Gasteiger partial charge in [0, 0.05) is 6.04 Å². The van der Waals surface area contributed by atoms with Crippen molar-refractivity contribution < 1.29 is 9.90 Å². The molecule has 2 aromatic rings. The van der Waals surface area contributed by atoms with Crippen LogP contribution < -0.4 is 11.1 Å². The van der Waals surface area contributed by atoms with E-state index >= 15 is 0 Å². The van der Waals surface area contributed by atoms with Crippen molar-refractivity contribution in [2.75, 3.05) is 0 Å². The maximum Gasteiger partial charge on any atom is 0.335 e. The van der Waals surface area contributed by atoms with Crippen molar-refractivity contribution in [2.24, 2.45) is 5.92 Å². The van der Waals surface area contributed by atoms with Gasteiger partial charge in [0.15, 0.2) is 0 Å². The number of hydrogen-bond donors (Lipinski definition) is 2. The lowest BCUT2D eigenvalue weighted by molar-refractivity contribution is 0.0697. The number of fused-ring (bicyclic) bond motifs is 1. The first-order chi connectivity index (χ1) is 9.47. The molecule has 1 aromatic carbocycles. The van der Waals surface area contributed by atoms with E-state index in [0.717, 1.165) is 12.8 Å². The number of carboxylic acid groups (broad SMARTS) is 1. The van der Waals surface area contributed by atoms with Crippen LogP contribution in [-0.2, 0) is 0 Å². The van der Waals surface area contributed by atoms with Gasteiger partial charge in [-0.15, -0.1) is 0 Å². The second-order valence-electron chi connectivity index (χ2n) is 5.40. The Morgan fingerprint density at radius 2 is 2.05 bits per heavy atom. The lowest BCUT2D eigenvalue weighted by atomic mass is 9.81. The van der Waals surface area contributed by atoms with E-state index in [1.165, 1.54) is 16.7 Å². The summed E-state index contributed by atoms with van der Waals surface area (Å²) in [6.07, 6.45) is 1.72. The van der Waals surface area contributed by atoms with Crippen LogP contribution in [0.15, 0.2) is 27.8 Å². The summed E-state index contributed by atoms with van der Waals surface area (Å²) in [6, 6.07) is 4.44. The van der Waals surface area contributed by atoms with Crippen molar-refractivity contribution in [3.8, 4) is 0 Å². The summed E-state index contributed by atoms with van der Waals surface area (Å²) in [5, 5.41) is 8.98. The molecular formula is C14H14N2O4. The molecule has 6 heteroatoms. The number of aromatic carboxylic acids is 1. The summed E-state index contributed by atoms with van der Waals surface area (Å²) in [6.45, 7) is 2.10. The second kappa shape index (κ2) is 4.33.